The summed E-state index contributed by atoms with van der Waals surface area (Å²) in [6, 6.07) is 9.29. The molecule has 0 aliphatic rings. The van der Waals surface area contributed by atoms with E-state index in [-0.39, 0.29) is 0 Å². The predicted molar refractivity (Wildman–Crippen MR) is 65.6 cm³/mol. The fourth-order valence-corrected chi connectivity index (χ4v) is 2.10. The first-order valence-corrected chi connectivity index (χ1v) is 5.87. The molecule has 16 heavy (non-hydrogen) atoms. The van der Waals surface area contributed by atoms with E-state index in [0.29, 0.717) is 23.1 Å². The van der Waals surface area contributed by atoms with Crippen LogP contribution in [0.1, 0.15) is 10.4 Å². The lowest BCUT2D eigenvalue weighted by Crippen LogP contribution is -2.00. The molecule has 2 rings (SSSR count). The molecule has 0 aliphatic carbocycles. The van der Waals surface area contributed by atoms with Gasteiger partial charge in [0.1, 0.15) is 11.0 Å². The zero-order valence-electron chi connectivity index (χ0n) is 8.27. The van der Waals surface area contributed by atoms with Gasteiger partial charge in [-0.2, -0.15) is 5.26 Å². The molecule has 0 aromatic carbocycles. The van der Waals surface area contributed by atoms with Crippen molar-refractivity contribution in [1.29, 1.82) is 5.26 Å². The number of aromatic nitrogens is 1. The predicted octanol–water partition coefficient (Wildman–Crippen LogP) is 3.28. The van der Waals surface area contributed by atoms with Gasteiger partial charge >= 0.3 is 0 Å². The molecular formula is C11H8ClN3S. The number of halogens is 1. The molecule has 0 saturated carbocycles. The van der Waals surface area contributed by atoms with Crippen molar-refractivity contribution in [3.63, 3.8) is 0 Å². The Labute approximate surface area is 102 Å². The van der Waals surface area contributed by atoms with E-state index >= 15 is 0 Å². The molecule has 5 heteroatoms. The van der Waals surface area contributed by atoms with Gasteiger partial charge in [0, 0.05) is 4.88 Å². The maximum atomic E-state index is 8.78. The van der Waals surface area contributed by atoms with Crippen LogP contribution in [0.25, 0.3) is 0 Å². The fourth-order valence-electron chi connectivity index (χ4n) is 1.24. The fraction of sp³-hybridized carbons (Fsp3) is 0.0909. The number of thiophene rings is 1. The van der Waals surface area contributed by atoms with Gasteiger partial charge < -0.3 is 5.32 Å². The van der Waals surface area contributed by atoms with Crippen LogP contribution in [-0.4, -0.2) is 4.98 Å². The van der Waals surface area contributed by atoms with Crippen LogP contribution in [0.3, 0.4) is 0 Å². The summed E-state index contributed by atoms with van der Waals surface area (Å²) in [7, 11) is 0. The molecular weight excluding hydrogens is 242 g/mol. The maximum Gasteiger partial charge on any atom is 0.132 e. The summed E-state index contributed by atoms with van der Waals surface area (Å²) in [5, 5.41) is 14.2. The third kappa shape index (κ3) is 2.72. The van der Waals surface area contributed by atoms with E-state index in [4.69, 9.17) is 16.9 Å². The minimum absolute atomic E-state index is 0.327. The lowest BCUT2D eigenvalue weighted by molar-refractivity contribution is 1.14. The molecule has 2 aromatic heterocycles. The van der Waals surface area contributed by atoms with Crippen molar-refractivity contribution in [3.8, 4) is 6.07 Å². The molecule has 0 spiro atoms. The number of nitrogens with zero attached hydrogens (tertiary/aromatic N) is 2. The van der Waals surface area contributed by atoms with Crippen LogP contribution in [0.4, 0.5) is 5.82 Å². The van der Waals surface area contributed by atoms with Crippen LogP contribution >= 0.6 is 22.9 Å². The lowest BCUT2D eigenvalue weighted by atomic mass is 10.3. The van der Waals surface area contributed by atoms with Crippen molar-refractivity contribution in [2.24, 2.45) is 0 Å². The van der Waals surface area contributed by atoms with Crippen molar-refractivity contribution < 1.29 is 0 Å². The number of hydrogen-bond donors (Lipinski definition) is 1. The first-order chi connectivity index (χ1) is 7.78. The molecule has 0 fully saturated rings. The van der Waals surface area contributed by atoms with Gasteiger partial charge in [-0.15, -0.1) is 11.3 Å². The van der Waals surface area contributed by atoms with E-state index in [1.165, 1.54) is 10.9 Å². The van der Waals surface area contributed by atoms with Crippen LogP contribution in [0.5, 0.6) is 0 Å². The highest BCUT2D eigenvalue weighted by Crippen LogP contribution is 2.16. The Bertz CT molecular complexity index is 517. The van der Waals surface area contributed by atoms with Crippen molar-refractivity contribution in [2.45, 2.75) is 6.54 Å². The molecule has 3 nitrogen and oxygen atoms in total. The second kappa shape index (κ2) is 4.97. The highest BCUT2D eigenvalue weighted by molar-refractivity contribution is 7.09. The third-order valence-electron chi connectivity index (χ3n) is 1.95. The largest absolute Gasteiger partial charge is 0.365 e. The molecule has 0 radical (unpaired) electrons. The molecule has 1 N–H and O–H groups in total. The van der Waals surface area contributed by atoms with Gasteiger partial charge in [0.2, 0.25) is 0 Å². The van der Waals surface area contributed by atoms with Gasteiger partial charge in [-0.1, -0.05) is 17.7 Å². The van der Waals surface area contributed by atoms with Crippen molar-refractivity contribution in [2.75, 3.05) is 5.32 Å². The Hall–Kier alpha value is -1.57. The second-order valence-corrected chi connectivity index (χ2v) is 4.53. The van der Waals surface area contributed by atoms with Crippen LogP contribution in [0.2, 0.25) is 5.15 Å². The highest BCUT2D eigenvalue weighted by atomic mass is 35.5. The summed E-state index contributed by atoms with van der Waals surface area (Å²) in [5.74, 6) is 0.623. The summed E-state index contributed by atoms with van der Waals surface area (Å²) in [4.78, 5) is 5.30. The summed E-state index contributed by atoms with van der Waals surface area (Å²) in [6.07, 6.45) is 0. The molecule has 0 amide bonds. The average Bonchev–Trinajstić information content (AvgIpc) is 2.78. The molecule has 0 saturated heterocycles. The monoisotopic (exact) mass is 249 g/mol. The van der Waals surface area contributed by atoms with Gasteiger partial charge in [0.25, 0.3) is 0 Å². The van der Waals surface area contributed by atoms with E-state index in [9.17, 15) is 0 Å². The molecule has 2 heterocycles. The van der Waals surface area contributed by atoms with Gasteiger partial charge in [-0.25, -0.2) is 4.98 Å². The highest BCUT2D eigenvalue weighted by Gasteiger charge is 2.01. The number of rotatable bonds is 3. The van der Waals surface area contributed by atoms with Gasteiger partial charge in [-0.3, -0.25) is 0 Å². The lowest BCUT2D eigenvalue weighted by Gasteiger charge is -2.04. The van der Waals surface area contributed by atoms with Crippen LogP contribution in [0, 0.1) is 11.3 Å². The normalized spacial score (nSPS) is 9.75. The van der Waals surface area contributed by atoms with Crippen LogP contribution in [-0.2, 0) is 6.54 Å². The Balaban J connectivity index is 2.10. The third-order valence-corrected chi connectivity index (χ3v) is 3.02. The zero-order valence-corrected chi connectivity index (χ0v) is 9.85. The minimum atomic E-state index is 0.327. The van der Waals surface area contributed by atoms with Crippen LogP contribution in [0.15, 0.2) is 29.6 Å². The number of hydrogen-bond acceptors (Lipinski definition) is 4. The molecule has 80 valence electrons. The number of anilines is 1. The van der Waals surface area contributed by atoms with E-state index in [1.807, 2.05) is 23.6 Å². The minimum Gasteiger partial charge on any atom is -0.365 e. The summed E-state index contributed by atoms with van der Waals surface area (Å²) < 4.78 is 0. The quantitative estimate of drug-likeness (QED) is 0.850. The van der Waals surface area contributed by atoms with Gasteiger partial charge in [-0.05, 0) is 23.6 Å². The zero-order chi connectivity index (χ0) is 11.4. The molecule has 2 aromatic rings. The van der Waals surface area contributed by atoms with Crippen molar-refractivity contribution in [1.82, 2.24) is 4.98 Å². The Kier molecular flexibility index (Phi) is 3.40. The molecule has 0 atom stereocenters. The Morgan fingerprint density at radius 2 is 2.38 bits per heavy atom. The number of pyridine rings is 1. The maximum absolute atomic E-state index is 8.78. The summed E-state index contributed by atoms with van der Waals surface area (Å²) in [6.45, 7) is 0.690. The number of nitriles is 1. The smallest absolute Gasteiger partial charge is 0.132 e. The average molecular weight is 250 g/mol. The summed E-state index contributed by atoms with van der Waals surface area (Å²) >= 11 is 7.46. The second-order valence-electron chi connectivity index (χ2n) is 3.11. The van der Waals surface area contributed by atoms with E-state index in [2.05, 4.69) is 10.3 Å². The van der Waals surface area contributed by atoms with Crippen LogP contribution < -0.4 is 5.32 Å². The standard InChI is InChI=1S/C11H8ClN3S/c12-10-4-8(6-13)5-11(15-10)14-7-9-2-1-3-16-9/h1-5H,7H2,(H,14,15). The molecule has 0 bridgehead atoms. The SMILES string of the molecule is N#Cc1cc(Cl)nc(NCc2cccs2)c1. The first kappa shape index (κ1) is 10.9. The molecule has 0 unspecified atom stereocenters. The topological polar surface area (TPSA) is 48.7 Å². The Morgan fingerprint density at radius 1 is 1.50 bits per heavy atom. The van der Waals surface area contributed by atoms with E-state index < -0.39 is 0 Å². The van der Waals surface area contributed by atoms with Gasteiger partial charge in [0.05, 0.1) is 18.2 Å². The van der Waals surface area contributed by atoms with Gasteiger partial charge in [0.15, 0.2) is 0 Å². The first-order valence-electron chi connectivity index (χ1n) is 4.62. The number of nitrogens with one attached hydrogen (secondary N) is 1. The molecule has 0 aliphatic heterocycles. The van der Waals surface area contributed by atoms with E-state index in [0.717, 1.165) is 0 Å². The van der Waals surface area contributed by atoms with Crippen molar-refractivity contribution >= 4 is 28.8 Å². The van der Waals surface area contributed by atoms with E-state index in [1.54, 1.807) is 17.4 Å². The summed E-state index contributed by atoms with van der Waals surface area (Å²) in [5.41, 5.74) is 0.508. The van der Waals surface area contributed by atoms with Crippen molar-refractivity contribution in [3.05, 3.63) is 45.2 Å². The Morgan fingerprint density at radius 3 is 3.06 bits per heavy atom.